The smallest absolute Gasteiger partial charge is 0.306 e. The fourth-order valence-corrected chi connectivity index (χ4v) is 8.65. The van der Waals surface area contributed by atoms with Crippen molar-refractivity contribution in [3.8, 4) is 0 Å². The van der Waals surface area contributed by atoms with Gasteiger partial charge in [-0.1, -0.05) is 20.8 Å². The van der Waals surface area contributed by atoms with Crippen molar-refractivity contribution in [2.45, 2.75) is 111 Å². The molecule has 4 N–H and O–H groups in total. The lowest BCUT2D eigenvalue weighted by Crippen LogP contribution is -2.58. The van der Waals surface area contributed by atoms with Crippen LogP contribution < -0.4 is 5.73 Å². The van der Waals surface area contributed by atoms with E-state index >= 15 is 0 Å². The van der Waals surface area contributed by atoms with Crippen LogP contribution >= 0.6 is 0 Å². The lowest BCUT2D eigenvalue weighted by Gasteiger charge is -2.60. The number of hydrogen-bond donors (Lipinski definition) is 3. The molecule has 3 rings (SSSR count). The Morgan fingerprint density at radius 1 is 1.18 bits per heavy atom. The van der Waals surface area contributed by atoms with Crippen LogP contribution in [0.2, 0.25) is 0 Å². The first-order valence-electron chi connectivity index (χ1n) is 13.6. The van der Waals surface area contributed by atoms with Crippen LogP contribution in [0.5, 0.6) is 0 Å². The molecule has 33 heavy (non-hydrogen) atoms. The number of rotatable bonds is 8. The molecule has 192 valence electrons. The highest BCUT2D eigenvalue weighted by Gasteiger charge is 2.61. The minimum atomic E-state index is -0.415. The first-order valence-corrected chi connectivity index (χ1v) is 13.6. The highest BCUT2D eigenvalue weighted by Crippen LogP contribution is 2.67. The average molecular weight is 466 g/mol. The van der Waals surface area contributed by atoms with E-state index in [0.717, 1.165) is 32.1 Å². The van der Waals surface area contributed by atoms with Gasteiger partial charge < -0.3 is 20.7 Å². The van der Waals surface area contributed by atoms with Gasteiger partial charge in [0.25, 0.3) is 0 Å². The molecule has 0 aromatic carbocycles. The van der Waals surface area contributed by atoms with E-state index in [1.807, 2.05) is 20.8 Å². The number of carbonyl (C=O) groups excluding carboxylic acids is 1. The molecular formula is C28H51NO4. The van der Waals surface area contributed by atoms with E-state index in [9.17, 15) is 15.0 Å². The minimum Gasteiger partial charge on any atom is -0.460 e. The van der Waals surface area contributed by atoms with Crippen LogP contribution in [0.25, 0.3) is 0 Å². The second kappa shape index (κ2) is 10.1. The van der Waals surface area contributed by atoms with Gasteiger partial charge in [0.05, 0.1) is 6.10 Å². The van der Waals surface area contributed by atoms with E-state index < -0.39 is 5.60 Å². The Hall–Kier alpha value is -0.650. The van der Waals surface area contributed by atoms with E-state index in [0.29, 0.717) is 42.6 Å². The number of hydrogen-bond acceptors (Lipinski definition) is 5. The van der Waals surface area contributed by atoms with Crippen molar-refractivity contribution in [3.05, 3.63) is 0 Å². The number of carbonyl (C=O) groups is 1. The van der Waals surface area contributed by atoms with Crippen LogP contribution in [0.15, 0.2) is 0 Å². The maximum atomic E-state index is 12.1. The van der Waals surface area contributed by atoms with E-state index in [4.69, 9.17) is 10.5 Å². The third-order valence-corrected chi connectivity index (χ3v) is 10.2. The summed E-state index contributed by atoms with van der Waals surface area (Å²) in [6.07, 6.45) is 8.47. The molecule has 3 fully saturated rings. The lowest BCUT2D eigenvalue weighted by atomic mass is 9.45. The summed E-state index contributed by atoms with van der Waals surface area (Å²) in [5.41, 5.74) is 6.02. The molecule has 5 nitrogen and oxygen atoms in total. The normalized spacial score (nSPS) is 41.8. The standard InChI is InChI=1S/C28H51NO4/c1-18(8-7-9-24(32)33-26(2,3)4)20-10-11-21-25-22(12-13-28(20,21)6)27(5,14-15-30)19(17-29)16-23(25)31/h18-23,25,30-31H,7-17,29H2,1-6H3/t18-,19-,20-,21+,22+,23+,25+,27+,28-/m1/s1. The molecule has 0 bridgehead atoms. The zero-order chi connectivity index (χ0) is 24.6. The Morgan fingerprint density at radius 2 is 1.88 bits per heavy atom. The Bertz CT molecular complexity index is 675. The molecule has 0 aromatic rings. The molecule has 0 unspecified atom stereocenters. The van der Waals surface area contributed by atoms with Gasteiger partial charge in [0.15, 0.2) is 0 Å². The predicted octanol–water partition coefficient (Wildman–Crippen LogP) is 4.92. The Kier molecular flexibility index (Phi) is 8.28. The molecule has 3 aliphatic carbocycles. The molecule has 0 radical (unpaired) electrons. The quantitative estimate of drug-likeness (QED) is 0.442. The zero-order valence-electron chi connectivity index (χ0n) is 22.1. The van der Waals surface area contributed by atoms with Crippen molar-refractivity contribution in [1.29, 1.82) is 0 Å². The van der Waals surface area contributed by atoms with E-state index in [1.54, 1.807) is 0 Å². The third-order valence-electron chi connectivity index (χ3n) is 10.2. The van der Waals surface area contributed by atoms with Crippen molar-refractivity contribution in [1.82, 2.24) is 0 Å². The van der Waals surface area contributed by atoms with Crippen molar-refractivity contribution in [2.24, 2.45) is 52.1 Å². The van der Waals surface area contributed by atoms with Gasteiger partial charge in [-0.15, -0.1) is 0 Å². The topological polar surface area (TPSA) is 92.8 Å². The molecule has 0 saturated heterocycles. The Morgan fingerprint density at radius 3 is 2.48 bits per heavy atom. The molecule has 0 amide bonds. The molecule has 0 spiro atoms. The van der Waals surface area contributed by atoms with Gasteiger partial charge in [0, 0.05) is 13.0 Å². The van der Waals surface area contributed by atoms with E-state index in [-0.39, 0.29) is 35.4 Å². The van der Waals surface area contributed by atoms with Crippen LogP contribution in [0.1, 0.15) is 99.3 Å². The van der Waals surface area contributed by atoms with Crippen molar-refractivity contribution in [2.75, 3.05) is 13.2 Å². The average Bonchev–Trinajstić information content (AvgIpc) is 3.06. The summed E-state index contributed by atoms with van der Waals surface area (Å²) in [6, 6.07) is 0. The highest BCUT2D eigenvalue weighted by atomic mass is 16.6. The van der Waals surface area contributed by atoms with Crippen LogP contribution in [0.4, 0.5) is 0 Å². The van der Waals surface area contributed by atoms with Crippen LogP contribution in [-0.4, -0.2) is 41.0 Å². The van der Waals surface area contributed by atoms with Crippen molar-refractivity contribution in [3.63, 3.8) is 0 Å². The molecule has 0 aromatic heterocycles. The Labute approximate surface area is 202 Å². The molecule has 5 heteroatoms. The summed E-state index contributed by atoms with van der Waals surface area (Å²) in [5, 5.41) is 21.2. The van der Waals surface area contributed by atoms with Crippen molar-refractivity contribution >= 4 is 5.97 Å². The fraction of sp³-hybridized carbons (Fsp3) is 0.964. The molecule has 0 aliphatic heterocycles. The molecule has 0 heterocycles. The number of fused-ring (bicyclic) bond motifs is 3. The number of esters is 1. The summed E-state index contributed by atoms with van der Waals surface area (Å²) in [5.74, 6) is 2.72. The highest BCUT2D eigenvalue weighted by molar-refractivity contribution is 5.69. The van der Waals surface area contributed by atoms with Gasteiger partial charge in [0.2, 0.25) is 0 Å². The summed E-state index contributed by atoms with van der Waals surface area (Å²) in [6.45, 7) is 13.7. The summed E-state index contributed by atoms with van der Waals surface area (Å²) in [4.78, 5) is 12.1. The Balaban J connectivity index is 1.68. The summed E-state index contributed by atoms with van der Waals surface area (Å²) >= 11 is 0. The van der Waals surface area contributed by atoms with Crippen molar-refractivity contribution < 1.29 is 19.7 Å². The predicted molar refractivity (Wildman–Crippen MR) is 132 cm³/mol. The zero-order valence-corrected chi connectivity index (χ0v) is 22.1. The molecule has 3 saturated carbocycles. The first-order chi connectivity index (χ1) is 15.4. The number of aliphatic hydroxyl groups is 2. The SMILES string of the molecule is C[C@H](CCCC(=O)OC(C)(C)C)[C@H]1CC[C@H]2[C@@H]3[C@@H](O)C[C@H](CN)[C@](C)(CCO)[C@H]3CC[C@]12C. The number of ether oxygens (including phenoxy) is 1. The summed E-state index contributed by atoms with van der Waals surface area (Å²) in [7, 11) is 0. The molecular weight excluding hydrogens is 414 g/mol. The van der Waals surface area contributed by atoms with E-state index in [2.05, 4.69) is 20.8 Å². The third kappa shape index (κ3) is 5.30. The van der Waals surface area contributed by atoms with Gasteiger partial charge in [-0.3, -0.25) is 4.79 Å². The van der Waals surface area contributed by atoms with Crippen LogP contribution in [-0.2, 0) is 9.53 Å². The van der Waals surface area contributed by atoms with Crippen LogP contribution in [0, 0.1) is 46.3 Å². The molecule has 9 atom stereocenters. The van der Waals surface area contributed by atoms with Gasteiger partial charge >= 0.3 is 5.97 Å². The molecule has 3 aliphatic rings. The van der Waals surface area contributed by atoms with Gasteiger partial charge in [-0.25, -0.2) is 0 Å². The van der Waals surface area contributed by atoms with E-state index in [1.165, 1.54) is 19.3 Å². The second-order valence-electron chi connectivity index (χ2n) is 13.2. The van der Waals surface area contributed by atoms with Gasteiger partial charge in [-0.05, 0) is 125 Å². The van der Waals surface area contributed by atoms with Gasteiger partial charge in [-0.2, -0.15) is 0 Å². The van der Waals surface area contributed by atoms with Crippen LogP contribution in [0.3, 0.4) is 0 Å². The minimum absolute atomic E-state index is 0.0197. The second-order valence-corrected chi connectivity index (χ2v) is 13.2. The summed E-state index contributed by atoms with van der Waals surface area (Å²) < 4.78 is 5.49. The number of nitrogens with two attached hydrogens (primary N) is 1. The largest absolute Gasteiger partial charge is 0.460 e. The monoisotopic (exact) mass is 465 g/mol. The maximum Gasteiger partial charge on any atom is 0.306 e. The number of aliphatic hydroxyl groups excluding tert-OH is 2. The van der Waals surface area contributed by atoms with Gasteiger partial charge in [0.1, 0.15) is 5.60 Å². The maximum absolute atomic E-state index is 12.1. The first kappa shape index (κ1) is 26.9. The lowest BCUT2D eigenvalue weighted by molar-refractivity contribution is -0.157. The fourth-order valence-electron chi connectivity index (χ4n) is 8.65.